The Labute approximate surface area is 172 Å². The number of pyridine rings is 1. The molecule has 1 unspecified atom stereocenters. The number of aliphatic hydroxyl groups is 2. The Balaban J connectivity index is 1.92. The summed E-state index contributed by atoms with van der Waals surface area (Å²) in [6.45, 7) is 1.08. The van der Waals surface area contributed by atoms with Gasteiger partial charge in [-0.05, 0) is 59.8 Å². The summed E-state index contributed by atoms with van der Waals surface area (Å²) in [5, 5.41) is 21.9. The fourth-order valence-electron chi connectivity index (χ4n) is 2.61. The van der Waals surface area contributed by atoms with Gasteiger partial charge in [0.1, 0.15) is 5.60 Å². The van der Waals surface area contributed by atoms with Crippen LogP contribution in [-0.4, -0.2) is 36.5 Å². The number of anilines is 1. The van der Waals surface area contributed by atoms with E-state index in [-0.39, 0.29) is 0 Å². The Morgan fingerprint density at radius 2 is 1.96 bits per heavy atom. The summed E-state index contributed by atoms with van der Waals surface area (Å²) in [6, 6.07) is 10.5. The number of rotatable bonds is 6. The molecule has 28 heavy (non-hydrogen) atoms. The summed E-state index contributed by atoms with van der Waals surface area (Å²) < 4.78 is 25.1. The van der Waals surface area contributed by atoms with Crippen molar-refractivity contribution in [1.82, 2.24) is 4.98 Å². The smallest absolute Gasteiger partial charge is 0.229 e. The first-order valence-corrected chi connectivity index (χ1v) is 11.4. The lowest BCUT2D eigenvalue weighted by Crippen LogP contribution is -2.27. The number of benzene rings is 1. The maximum absolute atomic E-state index is 11.4. The molecule has 0 aliphatic carbocycles. The average Bonchev–Trinajstić information content (AvgIpc) is 3.10. The van der Waals surface area contributed by atoms with Crippen LogP contribution in [0.2, 0.25) is 5.02 Å². The topological polar surface area (TPSA) is 99.5 Å². The van der Waals surface area contributed by atoms with Crippen molar-refractivity contribution in [2.24, 2.45) is 0 Å². The van der Waals surface area contributed by atoms with E-state index < -0.39 is 22.2 Å². The van der Waals surface area contributed by atoms with Crippen LogP contribution in [0.3, 0.4) is 0 Å². The fourth-order valence-corrected chi connectivity index (χ4v) is 4.46. The Hall–Kier alpha value is -1.97. The van der Waals surface area contributed by atoms with Gasteiger partial charge in [-0.15, -0.1) is 11.3 Å². The van der Waals surface area contributed by atoms with Gasteiger partial charge in [0.2, 0.25) is 10.0 Å². The molecule has 0 bridgehead atoms. The van der Waals surface area contributed by atoms with E-state index in [1.165, 1.54) is 18.3 Å². The maximum Gasteiger partial charge on any atom is 0.229 e. The van der Waals surface area contributed by atoms with Gasteiger partial charge >= 0.3 is 0 Å². The quantitative estimate of drug-likeness (QED) is 0.545. The Morgan fingerprint density at radius 3 is 2.61 bits per heavy atom. The van der Waals surface area contributed by atoms with E-state index in [1.54, 1.807) is 30.5 Å². The van der Waals surface area contributed by atoms with Crippen LogP contribution in [0.1, 0.15) is 12.6 Å². The molecule has 0 aliphatic heterocycles. The van der Waals surface area contributed by atoms with Crippen molar-refractivity contribution in [3.05, 3.63) is 58.7 Å². The number of aromatic nitrogens is 1. The molecule has 0 saturated heterocycles. The second-order valence-electron chi connectivity index (χ2n) is 6.63. The molecule has 3 N–H and O–H groups in total. The highest BCUT2D eigenvalue weighted by atomic mass is 35.5. The third-order valence-corrected chi connectivity index (χ3v) is 5.97. The highest BCUT2D eigenvalue weighted by Crippen LogP contribution is 2.37. The minimum absolute atomic E-state index is 0.384. The van der Waals surface area contributed by atoms with E-state index >= 15 is 0 Å². The molecule has 0 aliphatic rings. The molecule has 1 aromatic carbocycles. The molecule has 2 aromatic heterocycles. The zero-order chi connectivity index (χ0) is 20.5. The molecule has 9 heteroatoms. The van der Waals surface area contributed by atoms with Crippen LogP contribution in [-0.2, 0) is 15.6 Å². The molecule has 0 amide bonds. The van der Waals surface area contributed by atoms with Crippen molar-refractivity contribution in [1.29, 1.82) is 0 Å². The van der Waals surface area contributed by atoms with Crippen molar-refractivity contribution in [3.63, 3.8) is 0 Å². The van der Waals surface area contributed by atoms with Crippen LogP contribution in [0.4, 0.5) is 5.69 Å². The molecule has 2 heterocycles. The monoisotopic (exact) mass is 438 g/mol. The standard InChI is InChI=1S/C19H19ClN2O4S2/c1-19(24,11-23)18-8-12(5-6-21-18)13-7-17(27-10-13)15-4-3-14(9-16(15)20)22-28(2,25)26/h3-10,22-24H,11H2,1-2H3. The number of nitrogens with zero attached hydrogens (tertiary/aromatic N) is 1. The normalized spacial score (nSPS) is 13.9. The Kier molecular flexibility index (Phi) is 5.79. The third-order valence-electron chi connectivity index (χ3n) is 4.09. The molecule has 148 valence electrons. The van der Waals surface area contributed by atoms with Gasteiger partial charge in [-0.25, -0.2) is 8.42 Å². The number of thiophene rings is 1. The van der Waals surface area contributed by atoms with Crippen LogP contribution in [0.5, 0.6) is 0 Å². The minimum Gasteiger partial charge on any atom is -0.393 e. The van der Waals surface area contributed by atoms with Crippen molar-refractivity contribution in [3.8, 4) is 21.6 Å². The van der Waals surface area contributed by atoms with Crippen molar-refractivity contribution in [2.45, 2.75) is 12.5 Å². The molecule has 0 radical (unpaired) electrons. The lowest BCUT2D eigenvalue weighted by Gasteiger charge is -2.19. The second kappa shape index (κ2) is 7.81. The van der Waals surface area contributed by atoms with E-state index in [4.69, 9.17) is 11.6 Å². The van der Waals surface area contributed by atoms with Gasteiger partial charge in [0, 0.05) is 22.3 Å². The summed E-state index contributed by atoms with van der Waals surface area (Å²) in [4.78, 5) is 5.06. The molecular formula is C19H19ClN2O4S2. The molecule has 0 saturated carbocycles. The van der Waals surface area contributed by atoms with Gasteiger partial charge < -0.3 is 10.2 Å². The van der Waals surface area contributed by atoms with E-state index in [1.807, 2.05) is 17.5 Å². The molecule has 0 fully saturated rings. The first-order chi connectivity index (χ1) is 13.1. The third kappa shape index (κ3) is 4.71. The van der Waals surface area contributed by atoms with E-state index in [0.717, 1.165) is 27.8 Å². The van der Waals surface area contributed by atoms with Gasteiger partial charge in [-0.3, -0.25) is 9.71 Å². The van der Waals surface area contributed by atoms with Crippen molar-refractivity contribution >= 4 is 38.6 Å². The molecule has 6 nitrogen and oxygen atoms in total. The first kappa shape index (κ1) is 20.8. The lowest BCUT2D eigenvalue weighted by molar-refractivity contribution is -0.00580. The number of sulfonamides is 1. The van der Waals surface area contributed by atoms with Crippen LogP contribution in [0.15, 0.2) is 48.0 Å². The van der Waals surface area contributed by atoms with Crippen LogP contribution < -0.4 is 4.72 Å². The number of nitrogens with one attached hydrogen (secondary N) is 1. The summed E-state index contributed by atoms with van der Waals surface area (Å²) in [5.41, 5.74) is 1.93. The van der Waals surface area contributed by atoms with Gasteiger partial charge in [-0.2, -0.15) is 0 Å². The first-order valence-electron chi connectivity index (χ1n) is 8.25. The highest BCUT2D eigenvalue weighted by molar-refractivity contribution is 7.92. The maximum atomic E-state index is 11.4. The number of aliphatic hydroxyl groups excluding tert-OH is 1. The number of hydrogen-bond acceptors (Lipinski definition) is 6. The van der Waals surface area contributed by atoms with Crippen LogP contribution in [0.25, 0.3) is 21.6 Å². The Bertz CT molecular complexity index is 1110. The molecule has 3 rings (SSSR count). The van der Waals surface area contributed by atoms with Crippen molar-refractivity contribution in [2.75, 3.05) is 17.6 Å². The number of halogens is 1. The summed E-state index contributed by atoms with van der Waals surface area (Å²) in [5.74, 6) is 0. The van der Waals surface area contributed by atoms with Crippen LogP contribution >= 0.6 is 22.9 Å². The summed E-state index contributed by atoms with van der Waals surface area (Å²) in [6.07, 6.45) is 2.67. The summed E-state index contributed by atoms with van der Waals surface area (Å²) in [7, 11) is -3.37. The predicted octanol–water partition coefficient (Wildman–Crippen LogP) is 3.70. The molecule has 1 atom stereocenters. The molecule has 0 spiro atoms. The largest absolute Gasteiger partial charge is 0.393 e. The SMILES string of the molecule is CC(O)(CO)c1cc(-c2csc(-c3ccc(NS(C)(=O)=O)cc3Cl)c2)ccn1. The van der Waals surface area contributed by atoms with Crippen LogP contribution in [0, 0.1) is 0 Å². The lowest BCUT2D eigenvalue weighted by atomic mass is 9.99. The van der Waals surface area contributed by atoms with Crippen molar-refractivity contribution < 1.29 is 18.6 Å². The van der Waals surface area contributed by atoms with E-state index in [2.05, 4.69) is 9.71 Å². The Morgan fingerprint density at radius 1 is 1.21 bits per heavy atom. The van der Waals surface area contributed by atoms with Gasteiger partial charge in [0.25, 0.3) is 0 Å². The van der Waals surface area contributed by atoms with E-state index in [0.29, 0.717) is 16.4 Å². The second-order valence-corrected chi connectivity index (χ2v) is 9.70. The fraction of sp³-hybridized carbons (Fsp3) is 0.211. The minimum atomic E-state index is -3.37. The summed E-state index contributed by atoms with van der Waals surface area (Å²) >= 11 is 7.85. The van der Waals surface area contributed by atoms with Gasteiger partial charge in [0.15, 0.2) is 0 Å². The molecular weight excluding hydrogens is 420 g/mol. The zero-order valence-electron chi connectivity index (χ0n) is 15.2. The van der Waals surface area contributed by atoms with E-state index in [9.17, 15) is 18.6 Å². The predicted molar refractivity (Wildman–Crippen MR) is 113 cm³/mol. The average molecular weight is 439 g/mol. The van der Waals surface area contributed by atoms with Gasteiger partial charge in [-0.1, -0.05) is 11.6 Å². The number of hydrogen-bond donors (Lipinski definition) is 3. The molecule has 3 aromatic rings. The zero-order valence-corrected chi connectivity index (χ0v) is 17.6. The van der Waals surface area contributed by atoms with Gasteiger partial charge in [0.05, 0.1) is 23.6 Å². The highest BCUT2D eigenvalue weighted by Gasteiger charge is 2.24.